The summed E-state index contributed by atoms with van der Waals surface area (Å²) in [4.78, 5) is 22.0. The van der Waals surface area contributed by atoms with Gasteiger partial charge in [0.05, 0.1) is 11.9 Å². The Bertz CT molecular complexity index is 878. The fraction of sp³-hybridized carbons (Fsp3) is 0.353. The number of carbonyl (C=O) groups is 1. The second kappa shape index (κ2) is 7.55. The number of anilines is 2. The molecule has 6 nitrogen and oxygen atoms in total. The maximum atomic E-state index is 13.0. The van der Waals surface area contributed by atoms with Crippen LogP contribution in [0.3, 0.4) is 0 Å². The van der Waals surface area contributed by atoms with Gasteiger partial charge in [-0.15, -0.1) is 0 Å². The smallest absolute Gasteiger partial charge is 0.420 e. The van der Waals surface area contributed by atoms with Crippen LogP contribution in [-0.4, -0.2) is 35.0 Å². The molecule has 0 fully saturated rings. The summed E-state index contributed by atoms with van der Waals surface area (Å²) in [5.74, 6) is 0.0572. The average molecular weight is 416 g/mol. The largest absolute Gasteiger partial charge is 0.443 e. The predicted molar refractivity (Wildman–Crippen MR) is 106 cm³/mol. The van der Waals surface area contributed by atoms with Gasteiger partial charge in [0.2, 0.25) is 5.28 Å². The SMILES string of the molecule is CC(C)(C)OC(=O)N(c1ccccc1P(C)(C)=O)c1nc(Cl)ncc1Cl. The van der Waals surface area contributed by atoms with Crippen molar-refractivity contribution in [3.8, 4) is 0 Å². The van der Waals surface area contributed by atoms with Crippen LogP contribution in [0.25, 0.3) is 0 Å². The zero-order valence-corrected chi connectivity index (χ0v) is 17.6. The lowest BCUT2D eigenvalue weighted by Crippen LogP contribution is -2.36. The average Bonchev–Trinajstić information content (AvgIpc) is 2.49. The molecule has 0 radical (unpaired) electrons. The van der Waals surface area contributed by atoms with Crippen LogP contribution < -0.4 is 10.2 Å². The molecule has 0 aliphatic carbocycles. The normalized spacial score (nSPS) is 12.0. The summed E-state index contributed by atoms with van der Waals surface area (Å²) < 4.78 is 18.3. The second-order valence-corrected chi connectivity index (χ2v) is 10.9. The van der Waals surface area contributed by atoms with Crippen molar-refractivity contribution in [2.45, 2.75) is 26.4 Å². The number of carbonyl (C=O) groups excluding carboxylic acids is 1. The highest BCUT2D eigenvalue weighted by molar-refractivity contribution is 7.70. The van der Waals surface area contributed by atoms with Crippen LogP contribution >= 0.6 is 30.3 Å². The van der Waals surface area contributed by atoms with Gasteiger partial charge in [0, 0.05) is 5.30 Å². The van der Waals surface area contributed by atoms with E-state index in [9.17, 15) is 9.36 Å². The standard InChI is InChI=1S/C17H20Cl2N3O3P/c1-17(2,3)25-16(23)22(14-11(18)10-20-15(19)21-14)12-8-6-7-9-13(12)26(4,5)24/h6-10H,1-5H3. The minimum atomic E-state index is -2.72. The van der Waals surface area contributed by atoms with Gasteiger partial charge in [-0.1, -0.05) is 23.7 Å². The monoisotopic (exact) mass is 415 g/mol. The van der Waals surface area contributed by atoms with Crippen molar-refractivity contribution < 1.29 is 14.1 Å². The van der Waals surface area contributed by atoms with Gasteiger partial charge in [-0.05, 0) is 57.8 Å². The maximum Gasteiger partial charge on any atom is 0.420 e. The van der Waals surface area contributed by atoms with Gasteiger partial charge in [-0.2, -0.15) is 4.98 Å². The number of benzene rings is 1. The fourth-order valence-corrected chi connectivity index (χ4v) is 3.68. The Morgan fingerprint density at radius 2 is 1.81 bits per heavy atom. The summed E-state index contributed by atoms with van der Waals surface area (Å²) in [6.07, 6.45) is 0.582. The third kappa shape index (κ3) is 4.97. The summed E-state index contributed by atoms with van der Waals surface area (Å²) in [5.41, 5.74) is -0.387. The van der Waals surface area contributed by atoms with Gasteiger partial charge in [0.25, 0.3) is 0 Å². The highest BCUT2D eigenvalue weighted by atomic mass is 35.5. The minimum absolute atomic E-state index is 0.0572. The topological polar surface area (TPSA) is 72.4 Å². The van der Waals surface area contributed by atoms with Gasteiger partial charge < -0.3 is 9.30 Å². The predicted octanol–water partition coefficient (Wildman–Crippen LogP) is 5.10. The van der Waals surface area contributed by atoms with E-state index >= 15 is 0 Å². The summed E-state index contributed by atoms with van der Waals surface area (Å²) in [7, 11) is -2.72. The summed E-state index contributed by atoms with van der Waals surface area (Å²) in [6, 6.07) is 6.83. The van der Waals surface area contributed by atoms with Crippen LogP contribution in [0.15, 0.2) is 30.5 Å². The molecule has 0 bridgehead atoms. The van der Waals surface area contributed by atoms with Crippen molar-refractivity contribution in [1.82, 2.24) is 9.97 Å². The van der Waals surface area contributed by atoms with Crippen LogP contribution in [0.4, 0.5) is 16.3 Å². The number of para-hydroxylation sites is 1. The molecule has 0 aliphatic heterocycles. The minimum Gasteiger partial charge on any atom is -0.443 e. The molecule has 0 saturated heterocycles. The van der Waals surface area contributed by atoms with Crippen LogP contribution in [0.1, 0.15) is 20.8 Å². The highest BCUT2D eigenvalue weighted by Gasteiger charge is 2.31. The molecule has 1 amide bonds. The lowest BCUT2D eigenvalue weighted by atomic mass is 10.2. The van der Waals surface area contributed by atoms with Crippen LogP contribution in [0.5, 0.6) is 0 Å². The van der Waals surface area contributed by atoms with E-state index < -0.39 is 18.8 Å². The lowest BCUT2D eigenvalue weighted by molar-refractivity contribution is 0.0598. The van der Waals surface area contributed by atoms with Gasteiger partial charge >= 0.3 is 6.09 Å². The Kier molecular flexibility index (Phi) is 6.01. The number of rotatable bonds is 3. The highest BCUT2D eigenvalue weighted by Crippen LogP contribution is 2.41. The van der Waals surface area contributed by atoms with Crippen LogP contribution in [0.2, 0.25) is 10.3 Å². The van der Waals surface area contributed by atoms with Crippen LogP contribution in [-0.2, 0) is 9.30 Å². The first-order valence-corrected chi connectivity index (χ1v) is 11.1. The van der Waals surface area contributed by atoms with Gasteiger partial charge in [-0.25, -0.2) is 14.7 Å². The van der Waals surface area contributed by atoms with E-state index in [-0.39, 0.29) is 16.1 Å². The second-order valence-electron chi connectivity index (χ2n) is 6.97. The molecule has 1 aromatic heterocycles. The van der Waals surface area contributed by atoms with Crippen molar-refractivity contribution in [2.75, 3.05) is 18.2 Å². The molecule has 0 saturated carbocycles. The molecule has 0 N–H and O–H groups in total. The van der Waals surface area contributed by atoms with E-state index in [2.05, 4.69) is 9.97 Å². The molecule has 1 aromatic carbocycles. The third-order valence-corrected chi connectivity index (χ3v) is 5.17. The van der Waals surface area contributed by atoms with Gasteiger partial charge in [-0.3, -0.25) is 0 Å². The summed E-state index contributed by atoms with van der Waals surface area (Å²) in [6.45, 7) is 8.47. The number of halogens is 2. The molecule has 0 atom stereocenters. The fourth-order valence-electron chi connectivity index (χ4n) is 2.21. The summed E-state index contributed by atoms with van der Waals surface area (Å²) >= 11 is 12.1. The number of ether oxygens (including phenoxy) is 1. The molecule has 140 valence electrons. The van der Waals surface area contributed by atoms with Crippen LogP contribution in [0, 0.1) is 0 Å². The lowest BCUT2D eigenvalue weighted by Gasteiger charge is -2.29. The number of aromatic nitrogens is 2. The quantitative estimate of drug-likeness (QED) is 0.514. The van der Waals surface area contributed by atoms with Crippen molar-refractivity contribution in [3.05, 3.63) is 40.8 Å². The number of nitrogens with zero attached hydrogens (tertiary/aromatic N) is 3. The molecular weight excluding hydrogens is 396 g/mol. The molecule has 1 heterocycles. The number of hydrogen-bond donors (Lipinski definition) is 0. The van der Waals surface area contributed by atoms with Crippen molar-refractivity contribution in [1.29, 1.82) is 0 Å². The molecule has 2 rings (SSSR count). The summed E-state index contributed by atoms with van der Waals surface area (Å²) in [5, 5.41) is 0.528. The zero-order valence-electron chi connectivity index (χ0n) is 15.2. The Morgan fingerprint density at radius 1 is 1.19 bits per heavy atom. The molecule has 2 aromatic rings. The molecular formula is C17H20Cl2N3O3P. The number of amides is 1. The molecule has 0 spiro atoms. The van der Waals surface area contributed by atoms with E-state index in [1.807, 2.05) is 0 Å². The van der Waals surface area contributed by atoms with Gasteiger partial charge in [0.15, 0.2) is 5.82 Å². The molecule has 0 unspecified atom stereocenters. The molecule has 9 heteroatoms. The van der Waals surface area contributed by atoms with Crippen molar-refractivity contribution in [2.24, 2.45) is 0 Å². The zero-order chi connectivity index (χ0) is 19.7. The first-order chi connectivity index (χ1) is 11.9. The maximum absolute atomic E-state index is 13.0. The molecule has 0 aliphatic rings. The Morgan fingerprint density at radius 3 is 2.38 bits per heavy atom. The van der Waals surface area contributed by atoms with E-state index in [4.69, 9.17) is 27.9 Å². The first-order valence-electron chi connectivity index (χ1n) is 7.76. The Balaban J connectivity index is 2.72. The van der Waals surface area contributed by atoms with E-state index in [1.165, 1.54) is 11.1 Å². The Labute approximate surface area is 162 Å². The molecule has 26 heavy (non-hydrogen) atoms. The number of hydrogen-bond acceptors (Lipinski definition) is 5. The first kappa shape index (κ1) is 20.7. The Hall–Kier alpha value is -1.62. The van der Waals surface area contributed by atoms with E-state index in [0.29, 0.717) is 11.0 Å². The third-order valence-electron chi connectivity index (χ3n) is 3.19. The van der Waals surface area contributed by atoms with Crippen molar-refractivity contribution >= 4 is 53.2 Å². The van der Waals surface area contributed by atoms with Gasteiger partial charge in [0.1, 0.15) is 17.8 Å². The van der Waals surface area contributed by atoms with E-state index in [1.54, 1.807) is 58.4 Å². The van der Waals surface area contributed by atoms with Crippen molar-refractivity contribution in [3.63, 3.8) is 0 Å². The van der Waals surface area contributed by atoms with E-state index in [0.717, 1.165) is 0 Å².